The van der Waals surface area contributed by atoms with Crippen LogP contribution in [0.2, 0.25) is 0 Å². The summed E-state index contributed by atoms with van der Waals surface area (Å²) in [7, 11) is -4.76. The summed E-state index contributed by atoms with van der Waals surface area (Å²) in [6.07, 6.45) is 2.58. The summed E-state index contributed by atoms with van der Waals surface area (Å²) >= 11 is 3.34. The van der Waals surface area contributed by atoms with Crippen LogP contribution in [0, 0.1) is 0 Å². The topological polar surface area (TPSA) is 160 Å². The van der Waals surface area contributed by atoms with E-state index in [9.17, 15) is 27.7 Å². The molecule has 40 heavy (non-hydrogen) atoms. The maximum atomic E-state index is 14.2. The van der Waals surface area contributed by atoms with Gasteiger partial charge in [-0.1, -0.05) is 66.0 Å². The molecule has 5 N–H and O–H groups in total. The number of fused-ring (bicyclic) bond motifs is 1. The van der Waals surface area contributed by atoms with Crippen LogP contribution in [0.3, 0.4) is 0 Å². The molecule has 1 amide bonds. The average molecular weight is 627 g/mol. The number of pyridine rings is 1. The van der Waals surface area contributed by atoms with Gasteiger partial charge in [-0.3, -0.25) is 14.1 Å². The number of anilines is 1. The van der Waals surface area contributed by atoms with Gasteiger partial charge in [0.2, 0.25) is 5.91 Å². The minimum absolute atomic E-state index is 0.0214. The van der Waals surface area contributed by atoms with E-state index in [0.29, 0.717) is 27.5 Å². The Hall–Kier alpha value is -3.64. The molecule has 4 aromatic rings. The van der Waals surface area contributed by atoms with Crippen LogP contribution in [0.25, 0.3) is 22.2 Å². The van der Waals surface area contributed by atoms with E-state index in [0.717, 1.165) is 25.0 Å². The molecule has 1 aromatic heterocycles. The highest BCUT2D eigenvalue weighted by molar-refractivity contribution is 9.10. The lowest BCUT2D eigenvalue weighted by Crippen LogP contribution is -2.18. The molecule has 9 nitrogen and oxygen atoms in total. The van der Waals surface area contributed by atoms with Gasteiger partial charge in [0.1, 0.15) is 11.3 Å². The Morgan fingerprint density at radius 2 is 1.75 bits per heavy atom. The number of benzene rings is 3. The van der Waals surface area contributed by atoms with Crippen LogP contribution in [-0.2, 0) is 21.5 Å². The first-order valence-electron chi connectivity index (χ1n) is 12.6. The second-order valence-electron chi connectivity index (χ2n) is 9.25. The van der Waals surface area contributed by atoms with Crippen LogP contribution < -0.4 is 11.1 Å². The molecule has 11 heteroatoms. The van der Waals surface area contributed by atoms with Crippen LogP contribution in [-0.4, -0.2) is 34.8 Å². The van der Waals surface area contributed by atoms with E-state index < -0.39 is 20.8 Å². The molecule has 3 aromatic carbocycles. The number of aromatic nitrogens is 1. The molecule has 0 aliphatic carbocycles. The number of unbranched alkanes of at least 4 members (excludes halogenated alkanes) is 2. The first-order valence-corrected chi connectivity index (χ1v) is 14.8. The summed E-state index contributed by atoms with van der Waals surface area (Å²) in [5.41, 5.74) is 7.50. The molecule has 4 rings (SSSR count). The van der Waals surface area contributed by atoms with Crippen molar-refractivity contribution < 1.29 is 27.7 Å². The van der Waals surface area contributed by atoms with E-state index in [-0.39, 0.29) is 52.5 Å². The van der Waals surface area contributed by atoms with Crippen molar-refractivity contribution in [1.82, 2.24) is 4.98 Å². The summed E-state index contributed by atoms with van der Waals surface area (Å²) in [6, 6.07) is 15.8. The third-order valence-electron chi connectivity index (χ3n) is 6.42. The molecule has 0 spiro atoms. The molecule has 0 fully saturated rings. The lowest BCUT2D eigenvalue weighted by atomic mass is 9.93. The van der Waals surface area contributed by atoms with Crippen LogP contribution in [0.4, 0.5) is 5.69 Å². The van der Waals surface area contributed by atoms with Gasteiger partial charge >= 0.3 is 0 Å². The molecule has 1 heterocycles. The van der Waals surface area contributed by atoms with Crippen molar-refractivity contribution in [2.24, 2.45) is 5.73 Å². The van der Waals surface area contributed by atoms with Gasteiger partial charge in [-0.25, -0.2) is 4.98 Å². The van der Waals surface area contributed by atoms with Crippen LogP contribution in [0.1, 0.15) is 54.1 Å². The minimum Gasteiger partial charge on any atom is -0.506 e. The van der Waals surface area contributed by atoms with E-state index in [4.69, 9.17) is 5.73 Å². The molecule has 0 atom stereocenters. The molecule has 0 aliphatic rings. The zero-order chi connectivity index (χ0) is 29.0. The van der Waals surface area contributed by atoms with Crippen molar-refractivity contribution in [1.29, 1.82) is 0 Å². The number of hydrogen-bond acceptors (Lipinski definition) is 7. The number of phenolic OH excluding ortho intramolecular Hbond substituents is 1. The number of carbonyl (C=O) groups excluding carboxylic acids is 2. The van der Waals surface area contributed by atoms with Crippen LogP contribution in [0.15, 0.2) is 70.0 Å². The molecule has 0 bridgehead atoms. The van der Waals surface area contributed by atoms with Gasteiger partial charge in [0.25, 0.3) is 10.1 Å². The summed E-state index contributed by atoms with van der Waals surface area (Å²) in [5.74, 6) is -1.17. The molecule has 0 unspecified atom stereocenters. The Labute approximate surface area is 240 Å². The maximum Gasteiger partial charge on any atom is 0.294 e. The highest BCUT2D eigenvalue weighted by Gasteiger charge is 2.25. The molecule has 0 saturated heterocycles. The third-order valence-corrected chi connectivity index (χ3v) is 7.71. The van der Waals surface area contributed by atoms with E-state index in [1.165, 1.54) is 6.07 Å². The minimum atomic E-state index is -4.76. The SMILES string of the molecule is CCCCCC(=O)Nc1cc(S(=O)(=O)O)cc(C(=O)c2cc(-c3ccccc3)nc3c(O)cc(Br)cc23)c1CN. The number of rotatable bonds is 10. The van der Waals surface area contributed by atoms with Crippen molar-refractivity contribution in [3.63, 3.8) is 0 Å². The Kier molecular flexibility index (Phi) is 8.99. The molecular weight excluding hydrogens is 598 g/mol. The fourth-order valence-corrected chi connectivity index (χ4v) is 5.42. The number of phenols is 1. The van der Waals surface area contributed by atoms with Crippen molar-refractivity contribution in [3.8, 4) is 17.0 Å². The van der Waals surface area contributed by atoms with Crippen molar-refractivity contribution in [3.05, 3.63) is 81.8 Å². The normalized spacial score (nSPS) is 11.5. The van der Waals surface area contributed by atoms with Crippen molar-refractivity contribution >= 4 is 54.3 Å². The standard InChI is InChI=1S/C29H28BrN3O6S/c1-2-3-5-10-27(35)32-25-14-19(40(37,38)39)13-21(23(25)16-31)29(36)22-15-24(17-8-6-4-7-9-17)33-28-20(22)11-18(30)12-26(28)34/h4,6-9,11-15,34H,2-3,5,10,16,31H2,1H3,(H,32,35)(H,37,38,39). The molecule has 0 aliphatic heterocycles. The number of hydrogen-bond donors (Lipinski definition) is 4. The summed E-state index contributed by atoms with van der Waals surface area (Å²) in [4.78, 5) is 30.8. The van der Waals surface area contributed by atoms with E-state index in [1.54, 1.807) is 24.3 Å². The highest BCUT2D eigenvalue weighted by atomic mass is 79.9. The van der Waals surface area contributed by atoms with E-state index >= 15 is 0 Å². The molecule has 208 valence electrons. The van der Waals surface area contributed by atoms with Gasteiger partial charge in [-0.2, -0.15) is 8.42 Å². The fraction of sp³-hybridized carbons (Fsp3) is 0.207. The largest absolute Gasteiger partial charge is 0.506 e. The fourth-order valence-electron chi connectivity index (χ4n) is 4.44. The number of nitrogens with two attached hydrogens (primary N) is 1. The number of ketones is 1. The maximum absolute atomic E-state index is 14.2. The van der Waals surface area contributed by atoms with Gasteiger partial charge in [0.05, 0.1) is 10.6 Å². The van der Waals surface area contributed by atoms with Gasteiger partial charge in [0.15, 0.2) is 5.78 Å². The smallest absolute Gasteiger partial charge is 0.294 e. The zero-order valence-corrected chi connectivity index (χ0v) is 24.0. The first kappa shape index (κ1) is 29.3. The second kappa shape index (κ2) is 12.3. The Bertz CT molecular complexity index is 1710. The highest BCUT2D eigenvalue weighted by Crippen LogP contribution is 2.35. The third kappa shape index (κ3) is 6.39. The van der Waals surface area contributed by atoms with Crippen LogP contribution >= 0.6 is 15.9 Å². The number of aromatic hydroxyl groups is 1. The predicted molar refractivity (Wildman–Crippen MR) is 157 cm³/mol. The van der Waals surface area contributed by atoms with Gasteiger partial charge in [-0.15, -0.1) is 0 Å². The summed E-state index contributed by atoms with van der Waals surface area (Å²) < 4.78 is 34.7. The van der Waals surface area contributed by atoms with E-state index in [1.807, 2.05) is 25.1 Å². The van der Waals surface area contributed by atoms with E-state index in [2.05, 4.69) is 26.2 Å². The number of nitrogens with one attached hydrogen (secondary N) is 1. The molecular formula is C29H28BrN3O6S. The number of amides is 1. The number of carbonyl (C=O) groups is 2. The van der Waals surface area contributed by atoms with Crippen molar-refractivity contribution in [2.75, 3.05) is 5.32 Å². The quantitative estimate of drug-likeness (QED) is 0.0973. The Balaban J connectivity index is 1.95. The first-order chi connectivity index (χ1) is 19.0. The molecule has 0 radical (unpaired) electrons. The van der Waals surface area contributed by atoms with Gasteiger partial charge < -0.3 is 16.2 Å². The predicted octanol–water partition coefficient (Wildman–Crippen LogP) is 5.83. The lowest BCUT2D eigenvalue weighted by Gasteiger charge is -2.17. The zero-order valence-electron chi connectivity index (χ0n) is 21.6. The van der Waals surface area contributed by atoms with Gasteiger partial charge in [0, 0.05) is 50.8 Å². The number of halogens is 1. The number of nitrogens with zero attached hydrogens (tertiary/aromatic N) is 1. The Morgan fingerprint density at radius 3 is 2.40 bits per heavy atom. The summed E-state index contributed by atoms with van der Waals surface area (Å²) in [5, 5.41) is 13.7. The average Bonchev–Trinajstić information content (AvgIpc) is 2.92. The van der Waals surface area contributed by atoms with Gasteiger partial charge in [-0.05, 0) is 36.8 Å². The Morgan fingerprint density at radius 1 is 1.02 bits per heavy atom. The lowest BCUT2D eigenvalue weighted by molar-refractivity contribution is -0.116. The summed E-state index contributed by atoms with van der Waals surface area (Å²) in [6.45, 7) is 1.79. The monoisotopic (exact) mass is 625 g/mol. The molecule has 0 saturated carbocycles. The van der Waals surface area contributed by atoms with Crippen LogP contribution in [0.5, 0.6) is 5.75 Å². The van der Waals surface area contributed by atoms with Crippen molar-refractivity contribution in [2.45, 2.75) is 44.0 Å². The second-order valence-corrected chi connectivity index (χ2v) is 11.6.